The highest BCUT2D eigenvalue weighted by Gasteiger charge is 2.30. The summed E-state index contributed by atoms with van der Waals surface area (Å²) in [5.74, 6) is 1.09. The molecule has 2 heterocycles. The number of ether oxygens (including phenoxy) is 2. The van der Waals surface area contributed by atoms with Gasteiger partial charge in [0.25, 0.3) is 5.91 Å². The molecule has 2 N–H and O–H groups in total. The minimum atomic E-state index is -0.878. The van der Waals surface area contributed by atoms with Crippen molar-refractivity contribution in [2.45, 2.75) is 33.2 Å². The monoisotopic (exact) mass is 372 g/mol. The van der Waals surface area contributed by atoms with Crippen LogP contribution in [-0.4, -0.2) is 34.9 Å². The van der Waals surface area contributed by atoms with Crippen molar-refractivity contribution >= 4 is 17.5 Å². The van der Waals surface area contributed by atoms with Crippen molar-refractivity contribution in [2.24, 2.45) is 5.92 Å². The zero-order chi connectivity index (χ0) is 19.6. The van der Waals surface area contributed by atoms with Gasteiger partial charge in [-0.1, -0.05) is 13.8 Å². The van der Waals surface area contributed by atoms with E-state index in [1.807, 2.05) is 13.8 Å². The third-order valence-electron chi connectivity index (χ3n) is 4.27. The van der Waals surface area contributed by atoms with Gasteiger partial charge in [0.2, 0.25) is 12.7 Å². The van der Waals surface area contributed by atoms with Crippen molar-refractivity contribution in [3.8, 4) is 11.5 Å². The molecule has 0 fully saturated rings. The average Bonchev–Trinajstić information content (AvgIpc) is 3.28. The molecule has 8 heteroatoms. The second-order valence-corrected chi connectivity index (χ2v) is 7.36. The number of carbonyl (C=O) groups is 2. The van der Waals surface area contributed by atoms with Gasteiger partial charge in [-0.2, -0.15) is 5.10 Å². The van der Waals surface area contributed by atoms with Gasteiger partial charge in [-0.3, -0.25) is 14.3 Å². The molecule has 27 heavy (non-hydrogen) atoms. The summed E-state index contributed by atoms with van der Waals surface area (Å²) in [5.41, 5.74) is 0.0692. The largest absolute Gasteiger partial charge is 0.454 e. The van der Waals surface area contributed by atoms with Crippen molar-refractivity contribution in [3.05, 3.63) is 36.2 Å². The molecule has 0 saturated heterocycles. The van der Waals surface area contributed by atoms with Gasteiger partial charge in [0.15, 0.2) is 11.5 Å². The summed E-state index contributed by atoms with van der Waals surface area (Å²) in [6.07, 6.45) is 3.15. The maximum atomic E-state index is 12.5. The van der Waals surface area contributed by atoms with Crippen molar-refractivity contribution in [3.63, 3.8) is 0 Å². The second-order valence-electron chi connectivity index (χ2n) is 7.36. The zero-order valence-electron chi connectivity index (χ0n) is 15.9. The molecule has 0 bridgehead atoms. The first kappa shape index (κ1) is 18.8. The fraction of sp³-hybridized carbons (Fsp3) is 0.421. The fourth-order valence-corrected chi connectivity index (χ4v) is 2.55. The Balaban J connectivity index is 1.68. The first-order valence-corrected chi connectivity index (χ1v) is 8.82. The smallest absolute Gasteiger partial charge is 0.255 e. The minimum Gasteiger partial charge on any atom is -0.454 e. The molecule has 0 saturated carbocycles. The van der Waals surface area contributed by atoms with Crippen LogP contribution in [0.3, 0.4) is 0 Å². The molecule has 144 valence electrons. The minimum absolute atomic E-state index is 0.132. The van der Waals surface area contributed by atoms with Crippen LogP contribution in [0, 0.1) is 5.92 Å². The van der Waals surface area contributed by atoms with Crippen LogP contribution in [0.15, 0.2) is 30.6 Å². The Morgan fingerprint density at radius 1 is 1.26 bits per heavy atom. The van der Waals surface area contributed by atoms with Crippen LogP contribution in [0.2, 0.25) is 0 Å². The number of anilines is 1. The van der Waals surface area contributed by atoms with Gasteiger partial charge in [-0.05, 0) is 38.0 Å². The number of carbonyl (C=O) groups excluding carboxylic acids is 2. The van der Waals surface area contributed by atoms with E-state index in [9.17, 15) is 9.59 Å². The normalized spacial score (nSPS) is 12.9. The first-order chi connectivity index (χ1) is 12.8. The van der Waals surface area contributed by atoms with Gasteiger partial charge in [0.05, 0.1) is 11.9 Å². The number of hydrogen-bond acceptors (Lipinski definition) is 5. The first-order valence-electron chi connectivity index (χ1n) is 8.82. The quantitative estimate of drug-likeness (QED) is 0.812. The van der Waals surface area contributed by atoms with Gasteiger partial charge >= 0.3 is 0 Å². The molecular formula is C19H24N4O4. The molecule has 1 aliphatic rings. The lowest BCUT2D eigenvalue weighted by atomic mass is 10.0. The number of hydrogen-bond donors (Lipinski definition) is 2. The molecule has 1 aromatic carbocycles. The van der Waals surface area contributed by atoms with Gasteiger partial charge in [-0.15, -0.1) is 0 Å². The van der Waals surface area contributed by atoms with Gasteiger partial charge in [0.1, 0.15) is 5.54 Å². The number of nitrogens with zero attached hydrogens (tertiary/aromatic N) is 2. The van der Waals surface area contributed by atoms with Gasteiger partial charge < -0.3 is 20.1 Å². The van der Waals surface area contributed by atoms with Crippen LogP contribution in [0.25, 0.3) is 0 Å². The van der Waals surface area contributed by atoms with E-state index in [0.29, 0.717) is 35.2 Å². The second kappa shape index (κ2) is 7.30. The van der Waals surface area contributed by atoms with E-state index in [1.165, 1.54) is 10.9 Å². The Morgan fingerprint density at radius 2 is 2.00 bits per heavy atom. The lowest BCUT2D eigenvalue weighted by Gasteiger charge is -2.24. The predicted molar refractivity (Wildman–Crippen MR) is 99.9 cm³/mol. The maximum absolute atomic E-state index is 12.5. The van der Waals surface area contributed by atoms with E-state index < -0.39 is 5.54 Å². The van der Waals surface area contributed by atoms with Crippen LogP contribution in [-0.2, 0) is 10.3 Å². The Labute approximate surface area is 157 Å². The van der Waals surface area contributed by atoms with Crippen molar-refractivity contribution < 1.29 is 19.1 Å². The molecule has 0 unspecified atom stereocenters. The summed E-state index contributed by atoms with van der Waals surface area (Å²) < 4.78 is 12.1. The Kier molecular flexibility index (Phi) is 5.07. The molecule has 0 atom stereocenters. The predicted octanol–water partition coefficient (Wildman–Crippen LogP) is 2.37. The van der Waals surface area contributed by atoms with E-state index in [2.05, 4.69) is 15.7 Å². The highest BCUT2D eigenvalue weighted by molar-refractivity contribution is 6.04. The van der Waals surface area contributed by atoms with Crippen molar-refractivity contribution in [1.82, 2.24) is 15.1 Å². The molecule has 0 radical (unpaired) electrons. The molecule has 0 aliphatic carbocycles. The van der Waals surface area contributed by atoms with Crippen molar-refractivity contribution in [1.29, 1.82) is 0 Å². The van der Waals surface area contributed by atoms with E-state index in [1.54, 1.807) is 38.2 Å². The van der Waals surface area contributed by atoms with Crippen LogP contribution in [0.5, 0.6) is 11.5 Å². The summed E-state index contributed by atoms with van der Waals surface area (Å²) in [5, 5.41) is 9.93. The molecule has 1 aliphatic heterocycles. The molecule has 2 aromatic rings. The summed E-state index contributed by atoms with van der Waals surface area (Å²) in [6, 6.07) is 4.99. The number of amides is 2. The highest BCUT2D eigenvalue weighted by Crippen LogP contribution is 2.32. The summed E-state index contributed by atoms with van der Waals surface area (Å²) in [4.78, 5) is 24.9. The maximum Gasteiger partial charge on any atom is 0.255 e. The summed E-state index contributed by atoms with van der Waals surface area (Å²) in [6.45, 7) is 8.37. The lowest BCUT2D eigenvalue weighted by molar-refractivity contribution is -0.129. The third-order valence-corrected chi connectivity index (χ3v) is 4.27. The number of benzene rings is 1. The summed E-state index contributed by atoms with van der Waals surface area (Å²) in [7, 11) is 0. The Morgan fingerprint density at radius 3 is 2.74 bits per heavy atom. The van der Waals surface area contributed by atoms with E-state index in [-0.39, 0.29) is 18.6 Å². The fourth-order valence-electron chi connectivity index (χ4n) is 2.55. The van der Waals surface area contributed by atoms with E-state index >= 15 is 0 Å². The number of fused-ring (bicyclic) bond motifs is 1. The highest BCUT2D eigenvalue weighted by atomic mass is 16.7. The molecular weight excluding hydrogens is 348 g/mol. The molecule has 1 aromatic heterocycles. The van der Waals surface area contributed by atoms with Gasteiger partial charge in [0, 0.05) is 18.3 Å². The standard InChI is InChI=1S/C19H24N4O4/c1-12(2)8-20-18(25)19(3,4)23-10-14(9-21-23)22-17(24)13-5-6-15-16(7-13)27-11-26-15/h5-7,9-10,12H,8,11H2,1-4H3,(H,20,25)(H,22,24). The number of nitrogens with one attached hydrogen (secondary N) is 2. The van der Waals surface area contributed by atoms with E-state index in [0.717, 1.165) is 0 Å². The van der Waals surface area contributed by atoms with Crippen LogP contribution >= 0.6 is 0 Å². The van der Waals surface area contributed by atoms with E-state index in [4.69, 9.17) is 9.47 Å². The molecule has 8 nitrogen and oxygen atoms in total. The SMILES string of the molecule is CC(C)CNC(=O)C(C)(C)n1cc(NC(=O)c2ccc3c(c2)OCO3)cn1. The van der Waals surface area contributed by atoms with Crippen LogP contribution < -0.4 is 20.1 Å². The Bertz CT molecular complexity index is 857. The van der Waals surface area contributed by atoms with Gasteiger partial charge in [-0.25, -0.2) is 0 Å². The Hall–Kier alpha value is -3.03. The number of aromatic nitrogens is 2. The average molecular weight is 372 g/mol. The zero-order valence-corrected chi connectivity index (χ0v) is 15.9. The van der Waals surface area contributed by atoms with Crippen LogP contribution in [0.4, 0.5) is 5.69 Å². The molecule has 0 spiro atoms. The number of rotatable bonds is 6. The molecule has 2 amide bonds. The lowest BCUT2D eigenvalue weighted by Crippen LogP contribution is -2.45. The summed E-state index contributed by atoms with van der Waals surface area (Å²) >= 11 is 0. The third kappa shape index (κ3) is 4.05. The molecule has 3 rings (SSSR count). The van der Waals surface area contributed by atoms with Crippen LogP contribution in [0.1, 0.15) is 38.1 Å². The topological polar surface area (TPSA) is 94.5 Å². The van der Waals surface area contributed by atoms with Crippen molar-refractivity contribution in [2.75, 3.05) is 18.7 Å².